The predicted molar refractivity (Wildman–Crippen MR) is 156 cm³/mol. The van der Waals surface area contributed by atoms with E-state index in [0.29, 0.717) is 5.69 Å². The van der Waals surface area contributed by atoms with Gasteiger partial charge in [0.2, 0.25) is 0 Å². The molecule has 0 aliphatic carbocycles. The second-order valence-corrected chi connectivity index (χ2v) is 11.9. The lowest BCUT2D eigenvalue weighted by Crippen LogP contribution is -2.41. The fourth-order valence-electron chi connectivity index (χ4n) is 4.58. The number of likely N-dealkylation sites (N-methyl/N-ethyl adjacent to an activating group) is 1. The first-order valence-electron chi connectivity index (χ1n) is 13.5. The Morgan fingerprint density at radius 2 is 1.85 bits per heavy atom. The van der Waals surface area contributed by atoms with E-state index in [2.05, 4.69) is 32.0 Å². The number of amides is 1. The summed E-state index contributed by atoms with van der Waals surface area (Å²) in [5.41, 5.74) is 3.03. The summed E-state index contributed by atoms with van der Waals surface area (Å²) in [4.78, 5) is 35.4. The summed E-state index contributed by atoms with van der Waals surface area (Å²) in [5.74, 6) is 0.467. The van der Waals surface area contributed by atoms with E-state index < -0.39 is 15.7 Å². The fraction of sp³-hybridized carbons (Fsp3) is 0.345. The van der Waals surface area contributed by atoms with Crippen LogP contribution in [0.3, 0.4) is 0 Å². The molecule has 1 aliphatic rings. The minimum atomic E-state index is -3.47. The van der Waals surface area contributed by atoms with E-state index in [4.69, 9.17) is 14.7 Å². The maximum atomic E-state index is 12.6. The van der Waals surface area contributed by atoms with Crippen molar-refractivity contribution in [2.45, 2.75) is 18.4 Å². The predicted octanol–water partition coefficient (Wildman–Crippen LogP) is 2.58. The molecule has 1 fully saturated rings. The molecule has 0 radical (unpaired) electrons. The van der Waals surface area contributed by atoms with Gasteiger partial charge >= 0.3 is 0 Å². The van der Waals surface area contributed by atoms with Crippen LogP contribution in [0.2, 0.25) is 0 Å². The summed E-state index contributed by atoms with van der Waals surface area (Å²) >= 11 is 0. The number of fused-ring (bicyclic) bond motifs is 1. The summed E-state index contributed by atoms with van der Waals surface area (Å²) in [5, 5.41) is 3.64. The molecule has 41 heavy (non-hydrogen) atoms. The first-order chi connectivity index (χ1) is 19.8. The maximum Gasteiger partial charge on any atom is 0.253 e. The molecule has 0 spiro atoms. The second kappa shape index (κ2) is 12.7. The number of pyridine rings is 4. The highest BCUT2D eigenvalue weighted by Crippen LogP contribution is 2.22. The quantitative estimate of drug-likeness (QED) is 0.301. The lowest BCUT2D eigenvalue weighted by molar-refractivity contribution is 0.0392. The van der Waals surface area contributed by atoms with E-state index in [1.54, 1.807) is 6.20 Å². The van der Waals surface area contributed by atoms with Gasteiger partial charge in [-0.3, -0.25) is 19.7 Å². The molecule has 0 bridgehead atoms. The molecule has 11 nitrogen and oxygen atoms in total. The van der Waals surface area contributed by atoms with E-state index in [-0.39, 0.29) is 17.0 Å². The van der Waals surface area contributed by atoms with Crippen LogP contribution in [0.25, 0.3) is 22.3 Å². The maximum absolute atomic E-state index is 12.6. The third-order valence-electron chi connectivity index (χ3n) is 6.96. The summed E-state index contributed by atoms with van der Waals surface area (Å²) in [6, 6.07) is 13.0. The Hall–Kier alpha value is -4.00. The molecule has 0 aromatic carbocycles. The highest BCUT2D eigenvalue weighted by molar-refractivity contribution is 7.90. The minimum absolute atomic E-state index is 0.0115. The van der Waals surface area contributed by atoms with Crippen molar-refractivity contribution < 1.29 is 17.9 Å². The van der Waals surface area contributed by atoms with Gasteiger partial charge in [0.05, 0.1) is 52.8 Å². The van der Waals surface area contributed by atoms with Gasteiger partial charge in [-0.15, -0.1) is 0 Å². The average Bonchev–Trinajstić information content (AvgIpc) is 3.00. The van der Waals surface area contributed by atoms with Crippen molar-refractivity contribution in [3.63, 3.8) is 0 Å². The number of rotatable bonds is 10. The number of nitrogens with one attached hydrogen (secondary N) is 1. The zero-order chi connectivity index (χ0) is 28.8. The van der Waals surface area contributed by atoms with Crippen LogP contribution < -0.4 is 10.2 Å². The molecule has 4 aromatic heterocycles. The van der Waals surface area contributed by atoms with Crippen molar-refractivity contribution >= 4 is 32.5 Å². The molecule has 4 aromatic rings. The summed E-state index contributed by atoms with van der Waals surface area (Å²) in [7, 11) is -3.47. The molecular weight excluding hydrogens is 542 g/mol. The first kappa shape index (κ1) is 28.5. The van der Waals surface area contributed by atoms with Gasteiger partial charge < -0.3 is 15.0 Å². The van der Waals surface area contributed by atoms with Gasteiger partial charge in [-0.25, -0.2) is 18.4 Å². The van der Waals surface area contributed by atoms with Gasteiger partial charge in [0.1, 0.15) is 5.82 Å². The van der Waals surface area contributed by atoms with Crippen molar-refractivity contribution in [2.75, 3.05) is 57.1 Å². The zero-order valence-electron chi connectivity index (χ0n) is 23.2. The largest absolute Gasteiger partial charge is 0.379 e. The molecule has 1 aliphatic heterocycles. The lowest BCUT2D eigenvalue weighted by Gasteiger charge is -2.30. The lowest BCUT2D eigenvalue weighted by atomic mass is 10.2. The van der Waals surface area contributed by atoms with Crippen LogP contribution in [0.5, 0.6) is 0 Å². The topological polar surface area (TPSA) is 131 Å². The van der Waals surface area contributed by atoms with Crippen molar-refractivity contribution in [3.05, 3.63) is 72.3 Å². The minimum Gasteiger partial charge on any atom is -0.379 e. The molecular formula is C29H33N7O4S. The second-order valence-electron chi connectivity index (χ2n) is 9.84. The van der Waals surface area contributed by atoms with Crippen LogP contribution in [0.1, 0.15) is 23.0 Å². The number of anilines is 1. The van der Waals surface area contributed by atoms with Crippen molar-refractivity contribution in [1.29, 1.82) is 0 Å². The number of aromatic nitrogens is 4. The number of carbonyl (C=O) groups excluding carboxylic acids is 1. The van der Waals surface area contributed by atoms with Gasteiger partial charge in [-0.2, -0.15) is 0 Å². The monoisotopic (exact) mass is 575 g/mol. The number of hydrogen-bond donors (Lipinski definition) is 1. The van der Waals surface area contributed by atoms with Crippen LogP contribution in [-0.2, 0) is 21.1 Å². The van der Waals surface area contributed by atoms with Gasteiger partial charge in [-0.1, -0.05) is 6.07 Å². The average molecular weight is 576 g/mol. The fourth-order valence-corrected chi connectivity index (χ4v) is 5.17. The highest BCUT2D eigenvalue weighted by atomic mass is 32.2. The Kier molecular flexibility index (Phi) is 8.81. The van der Waals surface area contributed by atoms with Crippen LogP contribution in [0.4, 0.5) is 5.82 Å². The third-order valence-corrected chi connectivity index (χ3v) is 8.04. The number of nitrogens with zero attached hydrogens (tertiary/aromatic N) is 6. The van der Waals surface area contributed by atoms with Crippen LogP contribution in [-0.4, -0.2) is 91.4 Å². The number of ether oxygens (including phenoxy) is 1. The van der Waals surface area contributed by atoms with E-state index in [0.717, 1.165) is 80.3 Å². The van der Waals surface area contributed by atoms with Crippen LogP contribution in [0.15, 0.2) is 66.0 Å². The Labute approximate surface area is 239 Å². The highest BCUT2D eigenvalue weighted by Gasteiger charge is 2.15. The van der Waals surface area contributed by atoms with Gasteiger partial charge in [0.15, 0.2) is 9.84 Å². The van der Waals surface area contributed by atoms with E-state index in [1.165, 1.54) is 18.5 Å². The van der Waals surface area contributed by atoms with Crippen LogP contribution in [0, 0.1) is 0 Å². The zero-order valence-corrected chi connectivity index (χ0v) is 24.0. The van der Waals surface area contributed by atoms with Gasteiger partial charge in [0.25, 0.3) is 5.91 Å². The molecule has 0 atom stereocenters. The Balaban J connectivity index is 1.29. The van der Waals surface area contributed by atoms with Crippen molar-refractivity contribution in [3.8, 4) is 11.4 Å². The number of morpholine rings is 1. The van der Waals surface area contributed by atoms with Crippen molar-refractivity contribution in [1.82, 2.24) is 30.2 Å². The van der Waals surface area contributed by atoms with Gasteiger partial charge in [-0.05, 0) is 43.3 Å². The normalized spacial score (nSPS) is 14.2. The molecule has 214 valence electrons. The molecule has 1 saturated heterocycles. The molecule has 5 heterocycles. The molecule has 12 heteroatoms. The Bertz CT molecular complexity index is 1640. The van der Waals surface area contributed by atoms with Crippen molar-refractivity contribution in [2.24, 2.45) is 0 Å². The smallest absolute Gasteiger partial charge is 0.253 e. The first-order valence-corrected chi connectivity index (χ1v) is 15.4. The third kappa shape index (κ3) is 7.20. The SMILES string of the molecule is CCN(CCN1CCOCC1)c1cccc(-c2ccc3cnc(CNC(=O)c4cncc(S(C)(=O)=O)c4)cc3n2)n1. The Morgan fingerprint density at radius 3 is 2.63 bits per heavy atom. The number of carbonyl (C=O) groups is 1. The molecule has 0 unspecified atom stereocenters. The molecule has 0 saturated carbocycles. The number of sulfone groups is 1. The van der Waals surface area contributed by atoms with Crippen LogP contribution >= 0.6 is 0 Å². The van der Waals surface area contributed by atoms with E-state index in [9.17, 15) is 13.2 Å². The summed E-state index contributed by atoms with van der Waals surface area (Å²) < 4.78 is 29.1. The summed E-state index contributed by atoms with van der Waals surface area (Å²) in [6.07, 6.45) is 5.34. The molecule has 1 amide bonds. The Morgan fingerprint density at radius 1 is 1.05 bits per heavy atom. The summed E-state index contributed by atoms with van der Waals surface area (Å²) in [6.45, 7) is 8.46. The van der Waals surface area contributed by atoms with E-state index >= 15 is 0 Å². The standard InChI is InChI=1S/C29H33N7O4S/c1-3-36(10-9-35-11-13-40-14-12-35)28-6-4-5-25(34-28)26-8-7-21-18-31-23(16-27(21)33-26)19-32-29(37)22-15-24(20-30-17-22)41(2,38)39/h4-8,15-18,20H,3,9-14,19H2,1-2H3,(H,32,37). The van der Waals surface area contributed by atoms with E-state index in [1.807, 2.05) is 36.4 Å². The molecule has 1 N–H and O–H groups in total. The van der Waals surface area contributed by atoms with Gasteiger partial charge in [0, 0.05) is 63.0 Å². The molecule has 5 rings (SSSR count). The number of hydrogen-bond acceptors (Lipinski definition) is 10.